The lowest BCUT2D eigenvalue weighted by atomic mass is 9.90. The first kappa shape index (κ1) is 23.1. The molecule has 1 atom stereocenters. The Labute approximate surface area is 200 Å². The molecule has 0 fully saturated rings. The molecule has 0 spiro atoms. The van der Waals surface area contributed by atoms with Gasteiger partial charge in [0.2, 0.25) is 11.6 Å². The Hall–Kier alpha value is -4.10. The number of carbonyl (C=O) groups excluding carboxylic acids is 3. The fourth-order valence-electron chi connectivity index (χ4n) is 3.66. The lowest BCUT2D eigenvalue weighted by Gasteiger charge is -2.24. The number of ether oxygens (including phenoxy) is 1. The van der Waals surface area contributed by atoms with E-state index in [-0.39, 0.29) is 29.9 Å². The number of hydrogen-bond acceptors (Lipinski definition) is 7. The molecule has 172 valence electrons. The molecule has 0 aromatic heterocycles. The monoisotopic (exact) mass is 477 g/mol. The molecule has 4 rings (SSSR count). The molecular weight excluding hydrogens is 458 g/mol. The minimum atomic E-state index is -1.06. The third kappa shape index (κ3) is 4.65. The van der Waals surface area contributed by atoms with Crippen LogP contribution in [-0.2, 0) is 22.6 Å². The zero-order valence-electron chi connectivity index (χ0n) is 17.8. The van der Waals surface area contributed by atoms with Crippen LogP contribution in [0.1, 0.15) is 31.8 Å². The smallest absolute Gasteiger partial charge is 0.329 e. The van der Waals surface area contributed by atoms with Crippen LogP contribution in [0.4, 0.5) is 0 Å². The normalized spacial score (nSPS) is 13.9. The number of fused-ring (bicyclic) bond motifs is 1. The van der Waals surface area contributed by atoms with Gasteiger partial charge in [-0.05, 0) is 23.3 Å². The van der Waals surface area contributed by atoms with Gasteiger partial charge in [-0.1, -0.05) is 72.3 Å². The van der Waals surface area contributed by atoms with E-state index in [1.807, 2.05) is 48.5 Å². The second-order valence-electron chi connectivity index (χ2n) is 7.68. The molecule has 3 N–H and O–H groups in total. The van der Waals surface area contributed by atoms with Gasteiger partial charge in [0.1, 0.15) is 34.9 Å². The van der Waals surface area contributed by atoms with Gasteiger partial charge in [0.25, 0.3) is 0 Å². The van der Waals surface area contributed by atoms with Crippen LogP contribution in [0.15, 0.2) is 83.5 Å². The summed E-state index contributed by atoms with van der Waals surface area (Å²) in [6.45, 7) is 0.0177. The number of ketones is 2. The lowest BCUT2D eigenvalue weighted by molar-refractivity contribution is -0.147. The number of carbonyl (C=O) groups is 3. The molecule has 0 saturated heterocycles. The number of halogens is 1. The second kappa shape index (κ2) is 9.80. The lowest BCUT2D eigenvalue weighted by Crippen LogP contribution is -2.43. The van der Waals surface area contributed by atoms with Crippen molar-refractivity contribution in [1.82, 2.24) is 5.32 Å². The minimum Gasteiger partial charge on any atom is -0.507 e. The molecule has 1 aliphatic rings. The van der Waals surface area contributed by atoms with Crippen LogP contribution in [0.25, 0.3) is 0 Å². The van der Waals surface area contributed by atoms with E-state index in [2.05, 4.69) is 5.32 Å². The summed E-state index contributed by atoms with van der Waals surface area (Å²) in [6.07, 6.45) is 0.141. The van der Waals surface area contributed by atoms with Crippen LogP contribution in [-0.4, -0.2) is 33.8 Å². The molecule has 1 aliphatic carbocycles. The SMILES string of the molecule is O=C1C(Cl)=C(N[C@@H](Cc2ccccc2)C(=O)OCc2ccccc2)C(=O)c2c(O)ccc(O)c21. The maximum absolute atomic E-state index is 13.2. The molecule has 0 aliphatic heterocycles. The topological polar surface area (TPSA) is 113 Å². The zero-order chi connectivity index (χ0) is 24.2. The van der Waals surface area contributed by atoms with Gasteiger partial charge in [-0.2, -0.15) is 0 Å². The van der Waals surface area contributed by atoms with Crippen molar-refractivity contribution >= 4 is 29.1 Å². The van der Waals surface area contributed by atoms with Crippen molar-refractivity contribution < 1.29 is 29.3 Å². The van der Waals surface area contributed by atoms with E-state index in [1.165, 1.54) is 0 Å². The number of hydrogen-bond donors (Lipinski definition) is 3. The van der Waals surface area contributed by atoms with Crippen LogP contribution in [0.2, 0.25) is 0 Å². The molecule has 8 heteroatoms. The minimum absolute atomic E-state index is 0.0177. The van der Waals surface area contributed by atoms with Crippen molar-refractivity contribution in [3.05, 3.63) is 106 Å². The summed E-state index contributed by atoms with van der Waals surface area (Å²) in [6, 6.07) is 19.3. The van der Waals surface area contributed by atoms with Gasteiger partial charge >= 0.3 is 5.97 Å². The van der Waals surface area contributed by atoms with E-state index >= 15 is 0 Å². The molecule has 0 unspecified atom stereocenters. The highest BCUT2D eigenvalue weighted by Crippen LogP contribution is 2.37. The van der Waals surface area contributed by atoms with Crippen molar-refractivity contribution in [1.29, 1.82) is 0 Å². The van der Waals surface area contributed by atoms with Crippen LogP contribution in [0.5, 0.6) is 11.5 Å². The fourth-order valence-corrected chi connectivity index (χ4v) is 3.90. The first-order chi connectivity index (χ1) is 16.4. The average molecular weight is 478 g/mol. The Bertz CT molecular complexity index is 1290. The van der Waals surface area contributed by atoms with Gasteiger partial charge in [0, 0.05) is 6.42 Å². The molecular formula is C26H20ClNO6. The van der Waals surface area contributed by atoms with Crippen LogP contribution >= 0.6 is 11.6 Å². The largest absolute Gasteiger partial charge is 0.507 e. The summed E-state index contributed by atoms with van der Waals surface area (Å²) < 4.78 is 5.46. The molecule has 0 amide bonds. The number of nitrogens with one attached hydrogen (secondary N) is 1. The van der Waals surface area contributed by atoms with Crippen LogP contribution in [0, 0.1) is 0 Å². The van der Waals surface area contributed by atoms with E-state index in [9.17, 15) is 24.6 Å². The summed E-state index contributed by atoms with van der Waals surface area (Å²) >= 11 is 6.21. The summed E-state index contributed by atoms with van der Waals surface area (Å²) in [5.41, 5.74) is 0.450. The van der Waals surface area contributed by atoms with E-state index in [4.69, 9.17) is 16.3 Å². The third-order valence-corrected chi connectivity index (χ3v) is 5.73. The van der Waals surface area contributed by atoms with Gasteiger partial charge in [-0.25, -0.2) is 4.79 Å². The highest BCUT2D eigenvalue weighted by molar-refractivity contribution is 6.50. The van der Waals surface area contributed by atoms with Crippen LogP contribution < -0.4 is 5.32 Å². The maximum atomic E-state index is 13.2. The van der Waals surface area contributed by atoms with E-state index < -0.39 is 40.1 Å². The molecule has 3 aromatic rings. The number of rotatable bonds is 7. The Morgan fingerprint density at radius 3 is 1.94 bits per heavy atom. The Balaban J connectivity index is 1.64. The molecule has 3 aromatic carbocycles. The number of Topliss-reactive ketones (excluding diaryl/α,β-unsaturated/α-hetero) is 2. The molecule has 34 heavy (non-hydrogen) atoms. The molecule has 0 radical (unpaired) electrons. The summed E-state index contributed by atoms with van der Waals surface area (Å²) in [4.78, 5) is 39.0. The number of phenolic OH excluding ortho intramolecular Hbond substituents is 2. The van der Waals surface area contributed by atoms with Gasteiger partial charge in [0.15, 0.2) is 0 Å². The van der Waals surface area contributed by atoms with Crippen molar-refractivity contribution in [2.24, 2.45) is 0 Å². The van der Waals surface area contributed by atoms with Crippen molar-refractivity contribution in [3.63, 3.8) is 0 Å². The van der Waals surface area contributed by atoms with Crippen LogP contribution in [0.3, 0.4) is 0 Å². The highest BCUT2D eigenvalue weighted by Gasteiger charge is 2.38. The standard InChI is InChI=1S/C26H20ClNO6/c27-22-23(25(32)21-19(30)12-11-18(29)20(21)24(22)31)28-17(13-15-7-3-1-4-8-15)26(33)34-14-16-9-5-2-6-10-16/h1-12,17,28-30H,13-14H2/t17-/m0/s1. The predicted molar refractivity (Wildman–Crippen MR) is 125 cm³/mol. The Morgan fingerprint density at radius 2 is 1.35 bits per heavy atom. The highest BCUT2D eigenvalue weighted by atomic mass is 35.5. The first-order valence-corrected chi connectivity index (χ1v) is 10.8. The molecule has 0 heterocycles. The summed E-state index contributed by atoms with van der Waals surface area (Å²) in [7, 11) is 0. The number of phenols is 2. The maximum Gasteiger partial charge on any atom is 0.329 e. The first-order valence-electron chi connectivity index (χ1n) is 10.4. The number of benzene rings is 3. The fraction of sp³-hybridized carbons (Fsp3) is 0.115. The Morgan fingerprint density at radius 1 is 0.824 bits per heavy atom. The van der Waals surface area contributed by atoms with Gasteiger partial charge in [0.05, 0.1) is 11.1 Å². The predicted octanol–water partition coefficient (Wildman–Crippen LogP) is 3.87. The van der Waals surface area contributed by atoms with Gasteiger partial charge in [-0.3, -0.25) is 9.59 Å². The summed E-state index contributed by atoms with van der Waals surface area (Å²) in [5, 5.41) is 22.5. The quantitative estimate of drug-likeness (QED) is 0.349. The zero-order valence-corrected chi connectivity index (χ0v) is 18.6. The van der Waals surface area contributed by atoms with E-state index in [0.29, 0.717) is 0 Å². The molecule has 7 nitrogen and oxygen atoms in total. The third-order valence-electron chi connectivity index (χ3n) is 5.37. The average Bonchev–Trinajstić information content (AvgIpc) is 2.85. The van der Waals surface area contributed by atoms with E-state index in [0.717, 1.165) is 23.3 Å². The van der Waals surface area contributed by atoms with Gasteiger partial charge in [-0.15, -0.1) is 0 Å². The number of aromatic hydroxyl groups is 2. The van der Waals surface area contributed by atoms with E-state index in [1.54, 1.807) is 12.1 Å². The van der Waals surface area contributed by atoms with Crippen molar-refractivity contribution in [2.45, 2.75) is 19.1 Å². The second-order valence-corrected chi connectivity index (χ2v) is 8.06. The Kier molecular flexibility index (Phi) is 6.65. The van der Waals surface area contributed by atoms with Crippen molar-refractivity contribution in [2.75, 3.05) is 0 Å². The van der Waals surface area contributed by atoms with Crippen molar-refractivity contribution in [3.8, 4) is 11.5 Å². The number of esters is 1. The van der Waals surface area contributed by atoms with Gasteiger partial charge < -0.3 is 20.3 Å². The molecule has 0 saturated carbocycles. The number of allylic oxidation sites excluding steroid dienone is 2. The summed E-state index contributed by atoms with van der Waals surface area (Å²) in [5.74, 6) is -3.28. The molecule has 0 bridgehead atoms.